The van der Waals surface area contributed by atoms with E-state index in [0.29, 0.717) is 5.56 Å². The first-order chi connectivity index (χ1) is 8.83. The topological polar surface area (TPSA) is 52.3 Å². The van der Waals surface area contributed by atoms with E-state index in [0.717, 1.165) is 6.08 Å². The third-order valence-corrected chi connectivity index (χ3v) is 2.62. The average molecular weight is 273 g/mol. The summed E-state index contributed by atoms with van der Waals surface area (Å²) in [7, 11) is 0. The lowest BCUT2D eigenvalue weighted by Crippen LogP contribution is -2.57. The SMILES string of the molecule is C=CCC(OCc1ccccc1)(C(N)=O)C(F)(F)F. The van der Waals surface area contributed by atoms with Crippen LogP contribution in [0.5, 0.6) is 0 Å². The van der Waals surface area contributed by atoms with Crippen molar-refractivity contribution < 1.29 is 22.7 Å². The number of benzene rings is 1. The van der Waals surface area contributed by atoms with Crippen LogP contribution in [0, 0.1) is 0 Å². The summed E-state index contributed by atoms with van der Waals surface area (Å²) >= 11 is 0. The molecule has 3 nitrogen and oxygen atoms in total. The standard InChI is InChI=1S/C13H14F3NO2/c1-2-8-12(11(17)18,13(14,15)16)19-9-10-6-4-3-5-7-10/h2-7H,1,8-9H2,(H2,17,18). The van der Waals surface area contributed by atoms with Crippen molar-refractivity contribution >= 4 is 5.91 Å². The van der Waals surface area contributed by atoms with Gasteiger partial charge in [-0.1, -0.05) is 36.4 Å². The summed E-state index contributed by atoms with van der Waals surface area (Å²) in [6, 6.07) is 8.22. The summed E-state index contributed by atoms with van der Waals surface area (Å²) < 4.78 is 43.9. The smallest absolute Gasteiger partial charge is 0.367 e. The number of carbonyl (C=O) groups is 1. The molecule has 0 bridgehead atoms. The van der Waals surface area contributed by atoms with Crippen LogP contribution >= 0.6 is 0 Å². The second kappa shape index (κ2) is 5.88. The molecular formula is C13H14F3NO2. The van der Waals surface area contributed by atoms with Gasteiger partial charge in [-0.3, -0.25) is 4.79 Å². The summed E-state index contributed by atoms with van der Waals surface area (Å²) in [4.78, 5) is 11.2. The predicted molar refractivity (Wildman–Crippen MR) is 64.0 cm³/mol. The van der Waals surface area contributed by atoms with Gasteiger partial charge in [0.15, 0.2) is 0 Å². The zero-order valence-corrected chi connectivity index (χ0v) is 10.1. The van der Waals surface area contributed by atoms with Crippen LogP contribution in [0.4, 0.5) is 13.2 Å². The van der Waals surface area contributed by atoms with Gasteiger partial charge in [-0.15, -0.1) is 6.58 Å². The lowest BCUT2D eigenvalue weighted by atomic mass is 9.97. The Labute approximate surface area is 108 Å². The number of hydrogen-bond donors (Lipinski definition) is 1. The second-order valence-electron chi connectivity index (χ2n) is 3.96. The molecule has 0 aromatic heterocycles. The van der Waals surface area contributed by atoms with Crippen LogP contribution in [0.3, 0.4) is 0 Å². The van der Waals surface area contributed by atoms with Crippen molar-refractivity contribution in [2.24, 2.45) is 5.73 Å². The molecule has 0 heterocycles. The highest BCUT2D eigenvalue weighted by atomic mass is 19.4. The zero-order chi connectivity index (χ0) is 14.5. The Balaban J connectivity index is 2.97. The van der Waals surface area contributed by atoms with E-state index in [1.165, 1.54) is 0 Å². The fourth-order valence-electron chi connectivity index (χ4n) is 1.55. The maximum absolute atomic E-state index is 13.0. The van der Waals surface area contributed by atoms with Crippen LogP contribution in [-0.2, 0) is 16.1 Å². The highest BCUT2D eigenvalue weighted by molar-refractivity contribution is 5.84. The number of hydrogen-bond acceptors (Lipinski definition) is 2. The van der Waals surface area contributed by atoms with E-state index in [-0.39, 0.29) is 6.61 Å². The molecule has 0 spiro atoms. The van der Waals surface area contributed by atoms with Gasteiger partial charge >= 0.3 is 6.18 Å². The molecule has 1 rings (SSSR count). The minimum absolute atomic E-state index is 0.364. The Hall–Kier alpha value is -1.82. The van der Waals surface area contributed by atoms with Gasteiger partial charge in [-0.05, 0) is 5.56 Å². The van der Waals surface area contributed by atoms with Crippen molar-refractivity contribution in [1.82, 2.24) is 0 Å². The van der Waals surface area contributed by atoms with E-state index in [1.807, 2.05) is 0 Å². The van der Waals surface area contributed by atoms with E-state index in [1.54, 1.807) is 30.3 Å². The quantitative estimate of drug-likeness (QED) is 0.810. The van der Waals surface area contributed by atoms with Gasteiger partial charge in [0.2, 0.25) is 5.60 Å². The molecule has 1 aromatic carbocycles. The van der Waals surface area contributed by atoms with Crippen molar-refractivity contribution in [3.05, 3.63) is 48.6 Å². The fraction of sp³-hybridized carbons (Fsp3) is 0.308. The molecule has 1 unspecified atom stereocenters. The summed E-state index contributed by atoms with van der Waals surface area (Å²) in [5.41, 5.74) is 2.35. The van der Waals surface area contributed by atoms with Gasteiger partial charge < -0.3 is 10.5 Å². The normalized spacial score (nSPS) is 14.7. The monoisotopic (exact) mass is 273 g/mol. The highest BCUT2D eigenvalue weighted by Gasteiger charge is 2.60. The number of ether oxygens (including phenoxy) is 1. The summed E-state index contributed by atoms with van der Waals surface area (Å²) in [6.07, 6.45) is -4.66. The molecule has 104 valence electrons. The number of halogens is 3. The van der Waals surface area contributed by atoms with Crippen LogP contribution in [-0.4, -0.2) is 17.7 Å². The number of alkyl halides is 3. The van der Waals surface area contributed by atoms with Crippen LogP contribution in [0.2, 0.25) is 0 Å². The maximum atomic E-state index is 13.0. The minimum Gasteiger partial charge on any atom is -0.367 e. The number of rotatable bonds is 6. The van der Waals surface area contributed by atoms with Crippen molar-refractivity contribution in [1.29, 1.82) is 0 Å². The molecule has 0 aliphatic carbocycles. The molecule has 0 saturated heterocycles. The first kappa shape index (κ1) is 15.2. The van der Waals surface area contributed by atoms with Crippen LogP contribution < -0.4 is 5.73 Å². The largest absolute Gasteiger partial charge is 0.426 e. The Kier molecular flexibility index (Phi) is 4.72. The van der Waals surface area contributed by atoms with E-state index in [2.05, 4.69) is 6.58 Å². The van der Waals surface area contributed by atoms with Crippen LogP contribution in [0.15, 0.2) is 43.0 Å². The first-order valence-electron chi connectivity index (χ1n) is 5.49. The molecule has 0 aliphatic rings. The third-order valence-electron chi connectivity index (χ3n) is 2.62. The van der Waals surface area contributed by atoms with Gasteiger partial charge in [0, 0.05) is 6.42 Å². The van der Waals surface area contributed by atoms with E-state index >= 15 is 0 Å². The Morgan fingerprint density at radius 3 is 2.32 bits per heavy atom. The molecule has 0 radical (unpaired) electrons. The summed E-state index contributed by atoms with van der Waals surface area (Å²) in [6.45, 7) is 2.84. The molecule has 0 saturated carbocycles. The molecule has 0 fully saturated rings. The van der Waals surface area contributed by atoms with Gasteiger partial charge in [0.05, 0.1) is 6.61 Å². The number of nitrogens with two attached hydrogens (primary N) is 1. The van der Waals surface area contributed by atoms with E-state index in [9.17, 15) is 18.0 Å². The Morgan fingerprint density at radius 2 is 1.89 bits per heavy atom. The van der Waals surface area contributed by atoms with Crippen molar-refractivity contribution in [3.63, 3.8) is 0 Å². The van der Waals surface area contributed by atoms with Crippen molar-refractivity contribution in [3.8, 4) is 0 Å². The summed E-state index contributed by atoms with van der Waals surface area (Å²) in [5, 5.41) is 0. The fourth-order valence-corrected chi connectivity index (χ4v) is 1.55. The maximum Gasteiger partial charge on any atom is 0.426 e. The molecular weight excluding hydrogens is 259 g/mol. The summed E-state index contributed by atoms with van der Waals surface area (Å²) in [5.74, 6) is -1.57. The Bertz CT molecular complexity index is 445. The van der Waals surface area contributed by atoms with Gasteiger partial charge in [0.25, 0.3) is 5.91 Å². The molecule has 1 atom stereocenters. The van der Waals surface area contributed by atoms with Crippen LogP contribution in [0.1, 0.15) is 12.0 Å². The lowest BCUT2D eigenvalue weighted by molar-refractivity contribution is -0.268. The number of amides is 1. The van der Waals surface area contributed by atoms with Gasteiger partial charge in [-0.2, -0.15) is 13.2 Å². The molecule has 0 aliphatic heterocycles. The van der Waals surface area contributed by atoms with E-state index in [4.69, 9.17) is 10.5 Å². The van der Waals surface area contributed by atoms with Gasteiger partial charge in [-0.25, -0.2) is 0 Å². The minimum atomic E-state index is -4.90. The van der Waals surface area contributed by atoms with Crippen molar-refractivity contribution in [2.45, 2.75) is 24.8 Å². The highest BCUT2D eigenvalue weighted by Crippen LogP contribution is 2.37. The van der Waals surface area contributed by atoms with Crippen LogP contribution in [0.25, 0.3) is 0 Å². The lowest BCUT2D eigenvalue weighted by Gasteiger charge is -2.31. The zero-order valence-electron chi connectivity index (χ0n) is 10.1. The molecule has 1 amide bonds. The average Bonchev–Trinajstić information content (AvgIpc) is 2.33. The third kappa shape index (κ3) is 3.35. The molecule has 6 heteroatoms. The molecule has 2 N–H and O–H groups in total. The van der Waals surface area contributed by atoms with Crippen molar-refractivity contribution in [2.75, 3.05) is 0 Å². The number of carbonyl (C=O) groups excluding carboxylic acids is 1. The molecule has 1 aromatic rings. The molecule has 19 heavy (non-hydrogen) atoms. The Morgan fingerprint density at radius 1 is 1.32 bits per heavy atom. The van der Waals surface area contributed by atoms with E-state index < -0.39 is 24.1 Å². The first-order valence-corrected chi connectivity index (χ1v) is 5.49. The van der Waals surface area contributed by atoms with Gasteiger partial charge in [0.1, 0.15) is 0 Å². The number of primary amides is 1. The predicted octanol–water partition coefficient (Wildman–Crippen LogP) is 2.57. The second-order valence-corrected chi connectivity index (χ2v) is 3.96.